The normalized spacial score (nSPS) is 12.5. The van der Waals surface area contributed by atoms with Crippen molar-refractivity contribution >= 4 is 5.78 Å². The van der Waals surface area contributed by atoms with E-state index in [1.165, 1.54) is 5.56 Å². The van der Waals surface area contributed by atoms with Crippen LogP contribution in [0.3, 0.4) is 0 Å². The first-order valence-corrected chi connectivity index (χ1v) is 5.28. The van der Waals surface area contributed by atoms with Crippen molar-refractivity contribution in [2.24, 2.45) is 0 Å². The van der Waals surface area contributed by atoms with Gasteiger partial charge in [-0.3, -0.25) is 4.79 Å². The molecule has 82 valence electrons. The second-order valence-electron chi connectivity index (χ2n) is 3.76. The van der Waals surface area contributed by atoms with Crippen LogP contribution in [0.1, 0.15) is 24.5 Å². The number of methoxy groups -OCH3 is 1. The van der Waals surface area contributed by atoms with Crippen LogP contribution in [0, 0.1) is 6.92 Å². The Morgan fingerprint density at radius 2 is 1.93 bits per heavy atom. The third-order valence-corrected chi connectivity index (χ3v) is 2.51. The Morgan fingerprint density at radius 1 is 1.33 bits per heavy atom. The highest BCUT2D eigenvalue weighted by Gasteiger charge is 2.15. The van der Waals surface area contributed by atoms with Crippen molar-refractivity contribution in [3.05, 3.63) is 35.4 Å². The first-order chi connectivity index (χ1) is 7.17. The fourth-order valence-electron chi connectivity index (χ4n) is 1.55. The summed E-state index contributed by atoms with van der Waals surface area (Å²) in [6, 6.07) is 8.04. The molecular weight excluding hydrogens is 188 g/mol. The van der Waals surface area contributed by atoms with Crippen LogP contribution in [0.15, 0.2) is 24.3 Å². The average molecular weight is 206 g/mol. The van der Waals surface area contributed by atoms with Crippen LogP contribution >= 0.6 is 0 Å². The number of benzene rings is 1. The lowest BCUT2D eigenvalue weighted by Gasteiger charge is -2.11. The van der Waals surface area contributed by atoms with E-state index in [0.717, 1.165) is 12.0 Å². The zero-order valence-corrected chi connectivity index (χ0v) is 9.62. The van der Waals surface area contributed by atoms with E-state index in [2.05, 4.69) is 0 Å². The van der Waals surface area contributed by atoms with Crippen LogP contribution in [-0.2, 0) is 16.0 Å². The molecule has 0 spiro atoms. The SMILES string of the molecule is CCC(OC)C(=O)Cc1ccc(C)cc1. The van der Waals surface area contributed by atoms with E-state index in [1.807, 2.05) is 38.1 Å². The highest BCUT2D eigenvalue weighted by atomic mass is 16.5. The summed E-state index contributed by atoms with van der Waals surface area (Å²) in [7, 11) is 1.58. The van der Waals surface area contributed by atoms with E-state index in [-0.39, 0.29) is 11.9 Å². The van der Waals surface area contributed by atoms with Crippen molar-refractivity contribution in [3.63, 3.8) is 0 Å². The van der Waals surface area contributed by atoms with Crippen molar-refractivity contribution in [2.45, 2.75) is 32.8 Å². The molecule has 15 heavy (non-hydrogen) atoms. The quantitative estimate of drug-likeness (QED) is 0.740. The Bertz CT molecular complexity index is 310. The van der Waals surface area contributed by atoms with Crippen molar-refractivity contribution in [1.82, 2.24) is 0 Å². The second kappa shape index (κ2) is 5.66. The zero-order chi connectivity index (χ0) is 11.3. The fourth-order valence-corrected chi connectivity index (χ4v) is 1.55. The lowest BCUT2D eigenvalue weighted by Crippen LogP contribution is -2.23. The molecule has 0 aliphatic heterocycles. The third kappa shape index (κ3) is 3.48. The average Bonchev–Trinajstić information content (AvgIpc) is 2.23. The van der Waals surface area contributed by atoms with Crippen LogP contribution in [0.4, 0.5) is 0 Å². The monoisotopic (exact) mass is 206 g/mol. The molecule has 0 saturated heterocycles. The number of rotatable bonds is 5. The van der Waals surface area contributed by atoms with Crippen molar-refractivity contribution < 1.29 is 9.53 Å². The van der Waals surface area contributed by atoms with Gasteiger partial charge in [0.05, 0.1) is 0 Å². The molecular formula is C13H18O2. The fraction of sp³-hybridized carbons (Fsp3) is 0.462. The Hall–Kier alpha value is -1.15. The molecule has 0 bridgehead atoms. The van der Waals surface area contributed by atoms with Gasteiger partial charge >= 0.3 is 0 Å². The molecule has 1 rings (SSSR count). The summed E-state index contributed by atoms with van der Waals surface area (Å²) in [6.45, 7) is 4.00. The summed E-state index contributed by atoms with van der Waals surface area (Å²) in [5.74, 6) is 0.156. The molecule has 0 aromatic heterocycles. The Balaban J connectivity index is 2.61. The van der Waals surface area contributed by atoms with Crippen LogP contribution in [0.2, 0.25) is 0 Å². The van der Waals surface area contributed by atoms with Crippen molar-refractivity contribution in [1.29, 1.82) is 0 Å². The maximum atomic E-state index is 11.7. The number of hydrogen-bond donors (Lipinski definition) is 0. The van der Waals surface area contributed by atoms with Gasteiger partial charge in [-0.25, -0.2) is 0 Å². The lowest BCUT2D eigenvalue weighted by atomic mass is 10.0. The number of ketones is 1. The predicted molar refractivity (Wildman–Crippen MR) is 61.0 cm³/mol. The minimum absolute atomic E-state index is 0.156. The molecule has 0 saturated carbocycles. The molecule has 2 heteroatoms. The third-order valence-electron chi connectivity index (χ3n) is 2.51. The van der Waals surface area contributed by atoms with Gasteiger partial charge in [0.2, 0.25) is 0 Å². The number of ether oxygens (including phenoxy) is 1. The smallest absolute Gasteiger partial charge is 0.165 e. The zero-order valence-electron chi connectivity index (χ0n) is 9.62. The minimum Gasteiger partial charge on any atom is -0.374 e. The number of aryl methyl sites for hydroxylation is 1. The Kier molecular flexibility index (Phi) is 4.50. The topological polar surface area (TPSA) is 26.3 Å². The lowest BCUT2D eigenvalue weighted by molar-refractivity contribution is -0.128. The van der Waals surface area contributed by atoms with E-state index < -0.39 is 0 Å². The van der Waals surface area contributed by atoms with Crippen LogP contribution in [0.25, 0.3) is 0 Å². The molecule has 1 aromatic rings. The van der Waals surface area contributed by atoms with E-state index in [1.54, 1.807) is 7.11 Å². The molecule has 0 amide bonds. The predicted octanol–water partition coefficient (Wildman–Crippen LogP) is 2.53. The van der Waals surface area contributed by atoms with Crippen LogP contribution in [0.5, 0.6) is 0 Å². The first kappa shape index (κ1) is 11.9. The van der Waals surface area contributed by atoms with Gasteiger partial charge < -0.3 is 4.74 Å². The van der Waals surface area contributed by atoms with Gasteiger partial charge in [-0.15, -0.1) is 0 Å². The molecule has 0 N–H and O–H groups in total. The summed E-state index contributed by atoms with van der Waals surface area (Å²) in [6.07, 6.45) is 0.944. The summed E-state index contributed by atoms with van der Waals surface area (Å²) in [4.78, 5) is 11.7. The van der Waals surface area contributed by atoms with Gasteiger partial charge in [-0.1, -0.05) is 36.8 Å². The van der Waals surface area contributed by atoms with Gasteiger partial charge in [-0.05, 0) is 18.9 Å². The molecule has 1 unspecified atom stereocenters. The maximum Gasteiger partial charge on any atom is 0.165 e. The van der Waals surface area contributed by atoms with Gasteiger partial charge in [0.25, 0.3) is 0 Å². The van der Waals surface area contributed by atoms with Gasteiger partial charge in [0.1, 0.15) is 6.10 Å². The molecule has 0 radical (unpaired) electrons. The molecule has 1 aromatic carbocycles. The molecule has 0 fully saturated rings. The van der Waals surface area contributed by atoms with E-state index >= 15 is 0 Å². The highest BCUT2D eigenvalue weighted by Crippen LogP contribution is 2.08. The first-order valence-electron chi connectivity index (χ1n) is 5.28. The van der Waals surface area contributed by atoms with Gasteiger partial charge in [-0.2, -0.15) is 0 Å². The largest absolute Gasteiger partial charge is 0.374 e. The highest BCUT2D eigenvalue weighted by molar-refractivity contribution is 5.85. The summed E-state index contributed by atoms with van der Waals surface area (Å²) >= 11 is 0. The van der Waals surface area contributed by atoms with Gasteiger partial charge in [0.15, 0.2) is 5.78 Å². The van der Waals surface area contributed by atoms with Crippen molar-refractivity contribution in [3.8, 4) is 0 Å². The minimum atomic E-state index is -0.258. The molecule has 0 aliphatic carbocycles. The van der Waals surface area contributed by atoms with Crippen LogP contribution in [-0.4, -0.2) is 19.0 Å². The maximum absolute atomic E-state index is 11.7. The van der Waals surface area contributed by atoms with E-state index in [9.17, 15) is 4.79 Å². The second-order valence-corrected chi connectivity index (χ2v) is 3.76. The van der Waals surface area contributed by atoms with E-state index in [4.69, 9.17) is 4.74 Å². The molecule has 2 nitrogen and oxygen atoms in total. The summed E-state index contributed by atoms with van der Waals surface area (Å²) in [5.41, 5.74) is 2.27. The molecule has 0 heterocycles. The standard InChI is InChI=1S/C13H18O2/c1-4-13(15-3)12(14)9-11-7-5-10(2)6-8-11/h5-8,13H,4,9H2,1-3H3. The number of hydrogen-bond acceptors (Lipinski definition) is 2. The van der Waals surface area contributed by atoms with Crippen molar-refractivity contribution in [2.75, 3.05) is 7.11 Å². The number of Topliss-reactive ketones (excluding diaryl/α,β-unsaturated/α-hetero) is 1. The van der Waals surface area contributed by atoms with E-state index in [0.29, 0.717) is 6.42 Å². The molecule has 0 aliphatic rings. The Labute approximate surface area is 91.3 Å². The number of carbonyl (C=O) groups excluding carboxylic acids is 1. The molecule has 1 atom stereocenters. The summed E-state index contributed by atoms with van der Waals surface area (Å²) < 4.78 is 5.11. The summed E-state index contributed by atoms with van der Waals surface area (Å²) in [5, 5.41) is 0. The van der Waals surface area contributed by atoms with Crippen LogP contribution < -0.4 is 0 Å². The Morgan fingerprint density at radius 3 is 2.40 bits per heavy atom. The number of carbonyl (C=O) groups is 1. The van der Waals surface area contributed by atoms with Gasteiger partial charge in [0, 0.05) is 13.5 Å².